The molecule has 0 radical (unpaired) electrons. The van der Waals surface area contributed by atoms with Crippen LogP contribution in [0.25, 0.3) is 0 Å². The summed E-state index contributed by atoms with van der Waals surface area (Å²) < 4.78 is 5.52. The van der Waals surface area contributed by atoms with Gasteiger partial charge in [0.1, 0.15) is 0 Å². The predicted octanol–water partition coefficient (Wildman–Crippen LogP) is 2.09. The van der Waals surface area contributed by atoms with Gasteiger partial charge in [-0.3, -0.25) is 0 Å². The summed E-state index contributed by atoms with van der Waals surface area (Å²) in [5.74, 6) is 0. The van der Waals surface area contributed by atoms with Gasteiger partial charge in [-0.15, -0.1) is 0 Å². The Labute approximate surface area is 75.8 Å². The summed E-state index contributed by atoms with van der Waals surface area (Å²) in [6.07, 6.45) is 2.04. The molecule has 0 saturated heterocycles. The molecule has 0 aliphatic rings. The third-order valence-corrected chi connectivity index (χ3v) is 1.83. The third-order valence-electron chi connectivity index (χ3n) is 1.83. The molecule has 0 spiro atoms. The fourth-order valence-electron chi connectivity index (χ4n) is 1.03. The van der Waals surface area contributed by atoms with Gasteiger partial charge in [-0.25, -0.2) is 0 Å². The molecule has 0 amide bonds. The van der Waals surface area contributed by atoms with Crippen LogP contribution >= 0.6 is 0 Å². The lowest BCUT2D eigenvalue weighted by atomic mass is 9.97. The van der Waals surface area contributed by atoms with Crippen LogP contribution in [0.3, 0.4) is 0 Å². The molecule has 0 aliphatic heterocycles. The Hall–Kier alpha value is -0.340. The molecule has 0 rings (SSSR count). The van der Waals surface area contributed by atoms with E-state index in [0.29, 0.717) is 6.61 Å². The van der Waals surface area contributed by atoms with Crippen LogP contribution in [0.15, 0.2) is 11.6 Å². The quantitative estimate of drug-likeness (QED) is 0.657. The summed E-state index contributed by atoms with van der Waals surface area (Å²) in [6, 6.07) is -0.0255. The van der Waals surface area contributed by atoms with Crippen molar-refractivity contribution in [1.82, 2.24) is 0 Å². The van der Waals surface area contributed by atoms with Gasteiger partial charge >= 0.3 is 0 Å². The molecule has 0 saturated carbocycles. The van der Waals surface area contributed by atoms with E-state index in [0.717, 1.165) is 0 Å². The molecule has 2 N–H and O–H groups in total. The van der Waals surface area contributed by atoms with Gasteiger partial charge in [0.05, 0.1) is 11.6 Å². The first-order valence-electron chi connectivity index (χ1n) is 4.44. The van der Waals surface area contributed by atoms with E-state index in [1.54, 1.807) is 0 Å². The number of allylic oxidation sites excluding steroid dienone is 1. The molecule has 0 aromatic heterocycles. The van der Waals surface area contributed by atoms with E-state index in [2.05, 4.69) is 0 Å². The maximum absolute atomic E-state index is 5.94. The van der Waals surface area contributed by atoms with Gasteiger partial charge in [-0.2, -0.15) is 0 Å². The Morgan fingerprint density at radius 3 is 2.33 bits per heavy atom. The molecule has 0 fully saturated rings. The number of hydrogen-bond donors (Lipinski definition) is 1. The average Bonchev–Trinajstić information content (AvgIpc) is 1.85. The van der Waals surface area contributed by atoms with Gasteiger partial charge < -0.3 is 10.5 Å². The normalized spacial score (nSPS) is 14.2. The van der Waals surface area contributed by atoms with Crippen LogP contribution < -0.4 is 5.73 Å². The molecule has 0 aliphatic carbocycles. The SMILES string of the molecule is CCOC(C)(C)C(N)C=C(C)C. The van der Waals surface area contributed by atoms with Crippen LogP contribution in [-0.4, -0.2) is 18.2 Å². The van der Waals surface area contributed by atoms with E-state index in [1.165, 1.54) is 5.57 Å². The van der Waals surface area contributed by atoms with Crippen LogP contribution in [0.1, 0.15) is 34.6 Å². The molecule has 2 nitrogen and oxygen atoms in total. The van der Waals surface area contributed by atoms with Crippen molar-refractivity contribution in [3.05, 3.63) is 11.6 Å². The molecule has 1 unspecified atom stereocenters. The fourth-order valence-corrected chi connectivity index (χ4v) is 1.03. The first kappa shape index (κ1) is 11.7. The highest BCUT2D eigenvalue weighted by Gasteiger charge is 2.24. The van der Waals surface area contributed by atoms with Crippen molar-refractivity contribution in [3.8, 4) is 0 Å². The molecule has 0 aromatic carbocycles. The van der Waals surface area contributed by atoms with Crippen molar-refractivity contribution in [2.75, 3.05) is 6.61 Å². The van der Waals surface area contributed by atoms with Crippen LogP contribution in [0.5, 0.6) is 0 Å². The first-order valence-corrected chi connectivity index (χ1v) is 4.44. The summed E-state index contributed by atoms with van der Waals surface area (Å²) in [6.45, 7) is 10.8. The van der Waals surface area contributed by atoms with Gasteiger partial charge in [0, 0.05) is 6.61 Å². The Kier molecular flexibility index (Phi) is 4.50. The van der Waals surface area contributed by atoms with E-state index in [4.69, 9.17) is 10.5 Å². The lowest BCUT2D eigenvalue weighted by Gasteiger charge is -2.29. The molecule has 72 valence electrons. The van der Waals surface area contributed by atoms with Gasteiger partial charge in [0.2, 0.25) is 0 Å². The number of hydrogen-bond acceptors (Lipinski definition) is 2. The van der Waals surface area contributed by atoms with E-state index < -0.39 is 0 Å². The number of nitrogens with two attached hydrogens (primary N) is 1. The van der Waals surface area contributed by atoms with E-state index in [1.807, 2.05) is 40.7 Å². The Morgan fingerprint density at radius 1 is 1.50 bits per heavy atom. The molecular formula is C10H21NO. The van der Waals surface area contributed by atoms with Crippen molar-refractivity contribution < 1.29 is 4.74 Å². The highest BCUT2D eigenvalue weighted by atomic mass is 16.5. The van der Waals surface area contributed by atoms with Crippen LogP contribution in [0.2, 0.25) is 0 Å². The third kappa shape index (κ3) is 3.88. The first-order chi connectivity index (χ1) is 5.40. The van der Waals surface area contributed by atoms with Crippen LogP contribution in [0, 0.1) is 0 Å². The molecule has 0 heterocycles. The molecular weight excluding hydrogens is 150 g/mol. The number of rotatable bonds is 4. The van der Waals surface area contributed by atoms with Crippen LogP contribution in [-0.2, 0) is 4.74 Å². The van der Waals surface area contributed by atoms with Crippen LogP contribution in [0.4, 0.5) is 0 Å². The molecule has 12 heavy (non-hydrogen) atoms. The summed E-state index contributed by atoms with van der Waals surface area (Å²) in [5, 5.41) is 0. The number of ether oxygens (including phenoxy) is 1. The molecule has 2 heteroatoms. The zero-order valence-corrected chi connectivity index (χ0v) is 8.85. The summed E-state index contributed by atoms with van der Waals surface area (Å²) >= 11 is 0. The Balaban J connectivity index is 4.24. The minimum atomic E-state index is -0.258. The second-order valence-electron chi connectivity index (χ2n) is 3.81. The van der Waals surface area contributed by atoms with Gasteiger partial charge in [-0.05, 0) is 34.6 Å². The fraction of sp³-hybridized carbons (Fsp3) is 0.800. The highest BCUT2D eigenvalue weighted by molar-refractivity contribution is 5.05. The summed E-state index contributed by atoms with van der Waals surface area (Å²) in [4.78, 5) is 0. The molecule has 0 aromatic rings. The topological polar surface area (TPSA) is 35.2 Å². The summed E-state index contributed by atoms with van der Waals surface area (Å²) in [5.41, 5.74) is 6.91. The second-order valence-corrected chi connectivity index (χ2v) is 3.81. The Morgan fingerprint density at radius 2 is 2.00 bits per heavy atom. The van der Waals surface area contributed by atoms with Gasteiger partial charge in [-0.1, -0.05) is 11.6 Å². The highest BCUT2D eigenvalue weighted by Crippen LogP contribution is 2.15. The lowest BCUT2D eigenvalue weighted by molar-refractivity contribution is -0.0188. The average molecular weight is 171 g/mol. The van der Waals surface area contributed by atoms with E-state index >= 15 is 0 Å². The standard InChI is InChI=1S/C10H21NO/c1-6-12-10(4,5)9(11)7-8(2)3/h7,9H,6,11H2,1-5H3. The maximum atomic E-state index is 5.94. The minimum absolute atomic E-state index is 0.0255. The zero-order chi connectivity index (χ0) is 9.78. The van der Waals surface area contributed by atoms with Crippen molar-refractivity contribution in [2.45, 2.75) is 46.3 Å². The molecule has 0 bridgehead atoms. The maximum Gasteiger partial charge on any atom is 0.0812 e. The monoisotopic (exact) mass is 171 g/mol. The second kappa shape index (κ2) is 4.63. The minimum Gasteiger partial charge on any atom is -0.374 e. The predicted molar refractivity (Wildman–Crippen MR) is 53.1 cm³/mol. The zero-order valence-electron chi connectivity index (χ0n) is 8.85. The van der Waals surface area contributed by atoms with E-state index in [-0.39, 0.29) is 11.6 Å². The van der Waals surface area contributed by atoms with Crippen molar-refractivity contribution in [1.29, 1.82) is 0 Å². The largest absolute Gasteiger partial charge is 0.374 e. The lowest BCUT2D eigenvalue weighted by Crippen LogP contribution is -2.44. The van der Waals surface area contributed by atoms with Crippen molar-refractivity contribution in [2.24, 2.45) is 5.73 Å². The smallest absolute Gasteiger partial charge is 0.0812 e. The van der Waals surface area contributed by atoms with Crippen molar-refractivity contribution in [3.63, 3.8) is 0 Å². The molecule has 1 atom stereocenters. The van der Waals surface area contributed by atoms with Gasteiger partial charge in [0.25, 0.3) is 0 Å². The summed E-state index contributed by atoms with van der Waals surface area (Å²) in [7, 11) is 0. The van der Waals surface area contributed by atoms with Gasteiger partial charge in [0.15, 0.2) is 0 Å². The van der Waals surface area contributed by atoms with Crippen molar-refractivity contribution >= 4 is 0 Å². The van der Waals surface area contributed by atoms with E-state index in [9.17, 15) is 0 Å². The Bertz CT molecular complexity index is 157.